The number of nitrogens with one attached hydrogen (secondary N) is 1. The molecule has 2 nitrogen and oxygen atoms in total. The third-order valence-electron chi connectivity index (χ3n) is 3.10. The van der Waals surface area contributed by atoms with E-state index in [2.05, 4.69) is 52.4 Å². The van der Waals surface area contributed by atoms with Crippen LogP contribution in [0.2, 0.25) is 0 Å². The summed E-state index contributed by atoms with van der Waals surface area (Å²) in [7, 11) is 0. The van der Waals surface area contributed by atoms with Gasteiger partial charge in [0.05, 0.1) is 11.3 Å². The van der Waals surface area contributed by atoms with E-state index in [9.17, 15) is 0 Å². The van der Waals surface area contributed by atoms with Crippen molar-refractivity contribution in [2.75, 3.05) is 11.9 Å². The first kappa shape index (κ1) is 13.6. The van der Waals surface area contributed by atoms with Crippen molar-refractivity contribution in [2.24, 2.45) is 0 Å². The summed E-state index contributed by atoms with van der Waals surface area (Å²) in [6, 6.07) is 16.3. The first-order valence-corrected chi connectivity index (χ1v) is 6.98. The van der Waals surface area contributed by atoms with Crippen molar-refractivity contribution in [2.45, 2.75) is 13.3 Å². The topological polar surface area (TPSA) is 35.8 Å². The highest BCUT2D eigenvalue weighted by molar-refractivity contribution is 9.10. The Bertz CT molecular complexity index is 614. The average Bonchev–Trinajstić information content (AvgIpc) is 2.41. The molecule has 0 aliphatic heterocycles. The van der Waals surface area contributed by atoms with Gasteiger partial charge in [0.1, 0.15) is 6.07 Å². The Morgan fingerprint density at radius 3 is 2.68 bits per heavy atom. The number of hydrogen-bond donors (Lipinski definition) is 1. The molecule has 19 heavy (non-hydrogen) atoms. The lowest BCUT2D eigenvalue weighted by Gasteiger charge is -2.10. The Morgan fingerprint density at radius 2 is 1.95 bits per heavy atom. The summed E-state index contributed by atoms with van der Waals surface area (Å²) in [6.45, 7) is 2.94. The Labute approximate surface area is 122 Å². The van der Waals surface area contributed by atoms with Crippen LogP contribution in [0.4, 0.5) is 5.69 Å². The van der Waals surface area contributed by atoms with Crippen LogP contribution in [0.15, 0.2) is 46.9 Å². The summed E-state index contributed by atoms with van der Waals surface area (Å²) < 4.78 is 0.830. The zero-order chi connectivity index (χ0) is 13.7. The van der Waals surface area contributed by atoms with Gasteiger partial charge in [0.25, 0.3) is 0 Å². The number of anilines is 1. The maximum Gasteiger partial charge on any atom is 0.103 e. The minimum Gasteiger partial charge on any atom is -0.384 e. The van der Waals surface area contributed by atoms with Crippen molar-refractivity contribution in [3.05, 3.63) is 63.6 Å². The van der Waals surface area contributed by atoms with Crippen LogP contribution in [0.3, 0.4) is 0 Å². The fourth-order valence-electron chi connectivity index (χ4n) is 2.01. The highest BCUT2D eigenvalue weighted by Crippen LogP contribution is 2.23. The predicted molar refractivity (Wildman–Crippen MR) is 82.2 cm³/mol. The van der Waals surface area contributed by atoms with E-state index in [1.807, 2.05) is 24.3 Å². The zero-order valence-electron chi connectivity index (χ0n) is 10.8. The molecule has 0 atom stereocenters. The molecule has 0 aliphatic carbocycles. The number of aryl methyl sites for hydroxylation is 1. The van der Waals surface area contributed by atoms with Crippen LogP contribution in [0.5, 0.6) is 0 Å². The molecule has 0 saturated carbocycles. The molecule has 0 bridgehead atoms. The van der Waals surface area contributed by atoms with Crippen LogP contribution in [-0.4, -0.2) is 6.54 Å². The van der Waals surface area contributed by atoms with Crippen molar-refractivity contribution in [1.29, 1.82) is 5.26 Å². The lowest BCUT2D eigenvalue weighted by molar-refractivity contribution is 1.00. The summed E-state index contributed by atoms with van der Waals surface area (Å²) in [4.78, 5) is 0. The van der Waals surface area contributed by atoms with Crippen LogP contribution >= 0.6 is 15.9 Å². The van der Waals surface area contributed by atoms with Crippen molar-refractivity contribution in [1.82, 2.24) is 0 Å². The summed E-state index contributed by atoms with van der Waals surface area (Å²) >= 11 is 3.39. The zero-order valence-corrected chi connectivity index (χ0v) is 12.4. The molecule has 0 aromatic heterocycles. The minimum absolute atomic E-state index is 0.660. The SMILES string of the molecule is Cc1ccccc1CCNc1cccc(Br)c1C#N. The molecule has 1 N–H and O–H groups in total. The number of nitriles is 1. The number of rotatable bonds is 4. The lowest BCUT2D eigenvalue weighted by atomic mass is 10.1. The van der Waals surface area contributed by atoms with Crippen LogP contribution in [0.25, 0.3) is 0 Å². The summed E-state index contributed by atoms with van der Waals surface area (Å²) in [5.74, 6) is 0. The van der Waals surface area contributed by atoms with Gasteiger partial charge in [-0.15, -0.1) is 0 Å². The molecule has 0 aliphatic rings. The van der Waals surface area contributed by atoms with Crippen LogP contribution in [0, 0.1) is 18.3 Å². The average molecular weight is 315 g/mol. The molecule has 0 spiro atoms. The lowest BCUT2D eigenvalue weighted by Crippen LogP contribution is -2.07. The molecule has 2 aromatic carbocycles. The first-order valence-electron chi connectivity index (χ1n) is 6.19. The normalized spacial score (nSPS) is 9.95. The molecule has 0 saturated heterocycles. The predicted octanol–water partition coefficient (Wildman–Crippen LogP) is 4.28. The molecular formula is C16H15BrN2. The van der Waals surface area contributed by atoms with E-state index in [0.29, 0.717) is 5.56 Å². The van der Waals surface area contributed by atoms with E-state index in [-0.39, 0.29) is 0 Å². The second-order valence-electron chi connectivity index (χ2n) is 4.38. The molecule has 96 valence electrons. The standard InChI is InChI=1S/C16H15BrN2/c1-12-5-2-3-6-13(12)9-10-19-16-8-4-7-15(17)14(16)11-18/h2-8,19H,9-10H2,1H3. The number of halogens is 1. The Balaban J connectivity index is 2.03. The van der Waals surface area contributed by atoms with Crippen molar-refractivity contribution in [3.63, 3.8) is 0 Å². The Kier molecular flexibility index (Phi) is 4.59. The van der Waals surface area contributed by atoms with E-state index >= 15 is 0 Å². The molecule has 2 rings (SSSR count). The fourth-order valence-corrected chi connectivity index (χ4v) is 2.46. The van der Waals surface area contributed by atoms with Crippen molar-refractivity contribution in [3.8, 4) is 6.07 Å². The maximum atomic E-state index is 9.14. The van der Waals surface area contributed by atoms with Gasteiger partial charge in [0.15, 0.2) is 0 Å². The third kappa shape index (κ3) is 3.36. The van der Waals surface area contributed by atoms with E-state index in [4.69, 9.17) is 5.26 Å². The second kappa shape index (κ2) is 6.40. The highest BCUT2D eigenvalue weighted by atomic mass is 79.9. The van der Waals surface area contributed by atoms with Gasteiger partial charge < -0.3 is 5.32 Å². The molecule has 0 fully saturated rings. The maximum absolute atomic E-state index is 9.14. The second-order valence-corrected chi connectivity index (χ2v) is 5.23. The largest absolute Gasteiger partial charge is 0.384 e. The van der Waals surface area contributed by atoms with Crippen molar-refractivity contribution >= 4 is 21.6 Å². The summed E-state index contributed by atoms with van der Waals surface area (Å²) in [5, 5.41) is 12.5. The van der Waals surface area contributed by atoms with Gasteiger partial charge in [-0.05, 0) is 52.5 Å². The molecule has 0 heterocycles. The van der Waals surface area contributed by atoms with Gasteiger partial charge in [-0.2, -0.15) is 5.26 Å². The van der Waals surface area contributed by atoms with Gasteiger partial charge in [-0.3, -0.25) is 0 Å². The van der Waals surface area contributed by atoms with Crippen LogP contribution < -0.4 is 5.32 Å². The van der Waals surface area contributed by atoms with Gasteiger partial charge in [-0.25, -0.2) is 0 Å². The van der Waals surface area contributed by atoms with Gasteiger partial charge in [0, 0.05) is 11.0 Å². The molecule has 3 heteroatoms. The summed E-state index contributed by atoms with van der Waals surface area (Å²) in [5.41, 5.74) is 4.18. The summed E-state index contributed by atoms with van der Waals surface area (Å²) in [6.07, 6.45) is 0.948. The Morgan fingerprint density at radius 1 is 1.16 bits per heavy atom. The minimum atomic E-state index is 0.660. The van der Waals surface area contributed by atoms with Crippen LogP contribution in [0.1, 0.15) is 16.7 Å². The van der Waals surface area contributed by atoms with Crippen LogP contribution in [-0.2, 0) is 6.42 Å². The smallest absolute Gasteiger partial charge is 0.103 e. The molecule has 0 amide bonds. The van der Waals surface area contributed by atoms with E-state index in [1.165, 1.54) is 11.1 Å². The first-order chi connectivity index (χ1) is 9.22. The van der Waals surface area contributed by atoms with E-state index < -0.39 is 0 Å². The van der Waals surface area contributed by atoms with Gasteiger partial charge in [-0.1, -0.05) is 30.3 Å². The number of benzene rings is 2. The fraction of sp³-hybridized carbons (Fsp3) is 0.188. The third-order valence-corrected chi connectivity index (χ3v) is 3.76. The van der Waals surface area contributed by atoms with Crippen molar-refractivity contribution < 1.29 is 0 Å². The molecule has 2 aromatic rings. The van der Waals surface area contributed by atoms with E-state index in [0.717, 1.165) is 23.1 Å². The van der Waals surface area contributed by atoms with E-state index in [1.54, 1.807) is 0 Å². The molecular weight excluding hydrogens is 300 g/mol. The highest BCUT2D eigenvalue weighted by Gasteiger charge is 2.05. The Hall–Kier alpha value is -1.79. The monoisotopic (exact) mass is 314 g/mol. The number of hydrogen-bond acceptors (Lipinski definition) is 2. The van der Waals surface area contributed by atoms with Gasteiger partial charge >= 0.3 is 0 Å². The van der Waals surface area contributed by atoms with Gasteiger partial charge in [0.2, 0.25) is 0 Å². The molecule has 0 radical (unpaired) electrons. The molecule has 0 unspecified atom stereocenters. The quantitative estimate of drug-likeness (QED) is 0.914. The number of nitrogens with zero attached hydrogens (tertiary/aromatic N) is 1.